The number of fused-ring (bicyclic) bond motifs is 3. The lowest BCUT2D eigenvalue weighted by Gasteiger charge is -2.29. The van der Waals surface area contributed by atoms with E-state index in [2.05, 4.69) is 4.98 Å². The fraction of sp³-hybridized carbons (Fsp3) is 0.375. The van der Waals surface area contributed by atoms with Gasteiger partial charge in [-0.05, 0) is 19.4 Å². The number of ether oxygens (including phenoxy) is 2. The molecule has 1 aromatic heterocycles. The fourth-order valence-corrected chi connectivity index (χ4v) is 3.19. The molecule has 1 aliphatic heterocycles. The van der Waals surface area contributed by atoms with E-state index in [0.29, 0.717) is 17.0 Å². The molecule has 1 atom stereocenters. The first-order valence-electron chi connectivity index (χ1n) is 6.93. The summed E-state index contributed by atoms with van der Waals surface area (Å²) in [6.45, 7) is 3.50. The third kappa shape index (κ3) is 1.49. The van der Waals surface area contributed by atoms with Crippen molar-refractivity contribution in [2.24, 2.45) is 0 Å². The van der Waals surface area contributed by atoms with E-state index < -0.39 is 11.5 Å². The van der Waals surface area contributed by atoms with Crippen molar-refractivity contribution in [1.82, 2.24) is 4.98 Å². The van der Waals surface area contributed by atoms with Crippen molar-refractivity contribution in [3.63, 3.8) is 0 Å². The van der Waals surface area contributed by atoms with Crippen LogP contribution in [0.25, 0.3) is 10.9 Å². The lowest BCUT2D eigenvalue weighted by molar-refractivity contribution is -0.144. The van der Waals surface area contributed by atoms with Crippen LogP contribution in [0.2, 0.25) is 0 Å². The van der Waals surface area contributed by atoms with Gasteiger partial charge in [-0.1, -0.05) is 0 Å². The van der Waals surface area contributed by atoms with Crippen LogP contribution < -0.4 is 9.64 Å². The number of hydrogen-bond donors (Lipinski definition) is 1. The lowest BCUT2D eigenvalue weighted by atomic mass is 9.93. The minimum atomic E-state index is -1.39. The average Bonchev–Trinajstić information content (AvgIpc) is 2.98. The van der Waals surface area contributed by atoms with E-state index >= 15 is 0 Å². The van der Waals surface area contributed by atoms with Crippen molar-refractivity contribution in [1.29, 1.82) is 0 Å². The summed E-state index contributed by atoms with van der Waals surface area (Å²) >= 11 is 0. The molecular formula is C16H18N2O4. The first kappa shape index (κ1) is 14.4. The van der Waals surface area contributed by atoms with Crippen molar-refractivity contribution in [2.45, 2.75) is 19.4 Å². The highest BCUT2D eigenvalue weighted by molar-refractivity contribution is 6.30. The van der Waals surface area contributed by atoms with Crippen LogP contribution in [0, 0.1) is 6.92 Å². The minimum Gasteiger partial charge on any atom is -0.494 e. The van der Waals surface area contributed by atoms with Gasteiger partial charge in [0.05, 0.1) is 31.0 Å². The van der Waals surface area contributed by atoms with Crippen LogP contribution in [-0.2, 0) is 9.53 Å². The third-order valence-electron chi connectivity index (χ3n) is 4.58. The van der Waals surface area contributed by atoms with Gasteiger partial charge in [-0.15, -0.1) is 0 Å². The number of anilines is 1. The van der Waals surface area contributed by atoms with Gasteiger partial charge in [0.15, 0.2) is 5.54 Å². The molecule has 1 unspecified atom stereocenters. The summed E-state index contributed by atoms with van der Waals surface area (Å²) in [6.07, 6.45) is 1.84. The van der Waals surface area contributed by atoms with Crippen molar-refractivity contribution in [2.75, 3.05) is 26.2 Å². The van der Waals surface area contributed by atoms with Gasteiger partial charge in [-0.2, -0.15) is 0 Å². The van der Waals surface area contributed by atoms with E-state index in [1.807, 2.05) is 19.2 Å². The number of carbonyl (C=O) groups is 2. The second-order valence-electron chi connectivity index (χ2n) is 5.65. The summed E-state index contributed by atoms with van der Waals surface area (Å²) in [5, 5.41) is 0.820. The molecule has 3 rings (SSSR count). The number of esters is 1. The number of likely N-dealkylation sites (N-methyl/N-ethyl adjacent to an activating group) is 1. The highest BCUT2D eigenvalue weighted by Crippen LogP contribution is 2.48. The van der Waals surface area contributed by atoms with Gasteiger partial charge < -0.3 is 19.4 Å². The van der Waals surface area contributed by atoms with E-state index in [4.69, 9.17) is 9.47 Å². The molecule has 6 nitrogen and oxygen atoms in total. The zero-order chi connectivity index (χ0) is 16.2. The van der Waals surface area contributed by atoms with Gasteiger partial charge in [0, 0.05) is 24.7 Å². The van der Waals surface area contributed by atoms with E-state index in [0.717, 1.165) is 16.5 Å². The summed E-state index contributed by atoms with van der Waals surface area (Å²) in [5.74, 6) is -0.309. The molecule has 2 aromatic rings. The fourth-order valence-electron chi connectivity index (χ4n) is 3.19. The number of carbonyl (C=O) groups excluding carboxylic acids is 2. The second kappa shape index (κ2) is 4.50. The van der Waals surface area contributed by atoms with E-state index in [-0.39, 0.29) is 5.78 Å². The number of H-pyrrole nitrogens is 1. The topological polar surface area (TPSA) is 71.6 Å². The molecule has 2 heterocycles. The van der Waals surface area contributed by atoms with E-state index in [1.165, 1.54) is 7.11 Å². The SMILES string of the molecule is COC(=O)C1(C)C(=O)c2c(c(OC)cc3[nH]cc(C)c23)N1C. The van der Waals surface area contributed by atoms with Crippen LogP contribution in [0.15, 0.2) is 12.3 Å². The van der Waals surface area contributed by atoms with E-state index in [1.54, 1.807) is 26.0 Å². The van der Waals surface area contributed by atoms with Gasteiger partial charge in [0.2, 0.25) is 5.78 Å². The minimum absolute atomic E-state index is 0.275. The highest BCUT2D eigenvalue weighted by Gasteiger charge is 2.54. The molecule has 0 aliphatic carbocycles. The summed E-state index contributed by atoms with van der Waals surface area (Å²) < 4.78 is 10.3. The number of hydrogen-bond acceptors (Lipinski definition) is 5. The molecule has 0 spiro atoms. The number of ketones is 1. The monoisotopic (exact) mass is 302 g/mol. The Morgan fingerprint density at radius 1 is 1.36 bits per heavy atom. The molecule has 0 saturated carbocycles. The molecule has 1 aromatic carbocycles. The number of Topliss-reactive ketones (excluding diaryl/α,β-unsaturated/α-hetero) is 1. The van der Waals surface area contributed by atoms with Crippen molar-refractivity contribution >= 4 is 28.3 Å². The average molecular weight is 302 g/mol. The number of methoxy groups -OCH3 is 2. The van der Waals surface area contributed by atoms with Crippen molar-refractivity contribution in [3.8, 4) is 5.75 Å². The molecule has 6 heteroatoms. The standard InChI is InChI=1S/C16H18N2O4/c1-8-7-17-9-6-10(21-4)13-12(11(8)9)14(19)16(2,18(13)3)15(20)22-5/h6-7,17H,1-5H3. The Labute approximate surface area is 128 Å². The van der Waals surface area contributed by atoms with Crippen LogP contribution in [0.1, 0.15) is 22.8 Å². The molecule has 1 aliphatic rings. The van der Waals surface area contributed by atoms with Gasteiger partial charge in [0.1, 0.15) is 5.75 Å². The predicted molar refractivity (Wildman–Crippen MR) is 82.7 cm³/mol. The molecule has 22 heavy (non-hydrogen) atoms. The van der Waals surface area contributed by atoms with E-state index in [9.17, 15) is 9.59 Å². The number of benzene rings is 1. The molecule has 0 fully saturated rings. The van der Waals surface area contributed by atoms with Crippen LogP contribution >= 0.6 is 0 Å². The lowest BCUT2D eigenvalue weighted by Crippen LogP contribution is -2.53. The Kier molecular flexibility index (Phi) is 2.95. The molecule has 0 amide bonds. The summed E-state index contributed by atoms with van der Waals surface area (Å²) in [6, 6.07) is 1.84. The number of nitrogens with zero attached hydrogens (tertiary/aromatic N) is 1. The maximum atomic E-state index is 13.0. The molecular weight excluding hydrogens is 284 g/mol. The number of aryl methyl sites for hydroxylation is 1. The normalized spacial score (nSPS) is 20.4. The van der Waals surface area contributed by atoms with Crippen LogP contribution in [0.4, 0.5) is 5.69 Å². The Balaban J connectivity index is 2.41. The number of rotatable bonds is 2. The maximum Gasteiger partial charge on any atom is 0.339 e. The summed E-state index contributed by atoms with van der Waals surface area (Å²) in [4.78, 5) is 30.1. The van der Waals surface area contributed by atoms with Crippen molar-refractivity contribution < 1.29 is 19.1 Å². The molecule has 0 radical (unpaired) electrons. The van der Waals surface area contributed by atoms with Gasteiger partial charge in [-0.25, -0.2) is 4.79 Å². The van der Waals surface area contributed by atoms with Crippen molar-refractivity contribution in [3.05, 3.63) is 23.4 Å². The number of nitrogens with one attached hydrogen (secondary N) is 1. The molecule has 0 bridgehead atoms. The maximum absolute atomic E-state index is 13.0. The highest BCUT2D eigenvalue weighted by atomic mass is 16.5. The number of aromatic amines is 1. The Morgan fingerprint density at radius 2 is 2.05 bits per heavy atom. The zero-order valence-electron chi connectivity index (χ0n) is 13.2. The number of aromatic nitrogens is 1. The van der Waals surface area contributed by atoms with Gasteiger partial charge >= 0.3 is 5.97 Å². The Morgan fingerprint density at radius 3 is 2.64 bits per heavy atom. The summed E-state index contributed by atoms with van der Waals surface area (Å²) in [5.41, 5.74) is 1.50. The molecule has 116 valence electrons. The predicted octanol–water partition coefficient (Wildman–Crippen LogP) is 2.05. The smallest absolute Gasteiger partial charge is 0.339 e. The zero-order valence-corrected chi connectivity index (χ0v) is 13.2. The van der Waals surface area contributed by atoms with Crippen LogP contribution in [-0.4, -0.2) is 43.5 Å². The summed E-state index contributed by atoms with van der Waals surface area (Å²) in [7, 11) is 4.53. The second-order valence-corrected chi connectivity index (χ2v) is 5.65. The quantitative estimate of drug-likeness (QED) is 0.679. The molecule has 0 saturated heterocycles. The largest absolute Gasteiger partial charge is 0.494 e. The first-order chi connectivity index (χ1) is 10.4. The Bertz CT molecular complexity index is 808. The molecule has 1 N–H and O–H groups in total. The van der Waals surface area contributed by atoms with Gasteiger partial charge in [0.25, 0.3) is 0 Å². The first-order valence-corrected chi connectivity index (χ1v) is 6.93. The van der Waals surface area contributed by atoms with Crippen LogP contribution in [0.5, 0.6) is 5.75 Å². The van der Waals surface area contributed by atoms with Gasteiger partial charge in [-0.3, -0.25) is 4.79 Å². The third-order valence-corrected chi connectivity index (χ3v) is 4.58. The van der Waals surface area contributed by atoms with Crippen LogP contribution in [0.3, 0.4) is 0 Å². The Hall–Kier alpha value is -2.50.